The van der Waals surface area contributed by atoms with Gasteiger partial charge in [-0.2, -0.15) is 5.10 Å². The first kappa shape index (κ1) is 22.8. The maximum atomic E-state index is 13.3. The second-order valence-corrected chi connectivity index (χ2v) is 8.52. The number of carbonyl (C=O) groups excluding carboxylic acids is 3. The summed E-state index contributed by atoms with van der Waals surface area (Å²) in [6.07, 6.45) is 0. The van der Waals surface area contributed by atoms with Crippen LogP contribution in [0.3, 0.4) is 0 Å². The van der Waals surface area contributed by atoms with Gasteiger partial charge in [0.15, 0.2) is 0 Å². The van der Waals surface area contributed by atoms with Gasteiger partial charge in [-0.15, -0.1) is 0 Å². The lowest BCUT2D eigenvalue weighted by Crippen LogP contribution is -2.42. The van der Waals surface area contributed by atoms with Crippen LogP contribution < -0.4 is 10.6 Å². The Morgan fingerprint density at radius 2 is 1.85 bits per heavy atom. The van der Waals surface area contributed by atoms with Gasteiger partial charge in [-0.05, 0) is 50.2 Å². The number of urea groups is 1. The molecule has 4 amide bonds. The van der Waals surface area contributed by atoms with E-state index in [1.165, 1.54) is 41.9 Å². The molecule has 3 aromatic rings. The molecule has 1 aromatic heterocycles. The molecule has 1 fully saturated rings. The monoisotopic (exact) mass is 489 g/mol. The summed E-state index contributed by atoms with van der Waals surface area (Å²) < 4.78 is 14.7. The third kappa shape index (κ3) is 4.29. The Morgan fingerprint density at radius 3 is 2.52 bits per heavy atom. The number of aromatic nitrogens is 2. The van der Waals surface area contributed by atoms with E-state index in [0.717, 1.165) is 4.90 Å². The topological polar surface area (TPSA) is 96.3 Å². The van der Waals surface area contributed by atoms with E-state index in [4.69, 9.17) is 23.2 Å². The van der Waals surface area contributed by atoms with Crippen molar-refractivity contribution in [1.29, 1.82) is 0 Å². The number of nitrogens with one attached hydrogen (secondary N) is 2. The van der Waals surface area contributed by atoms with Crippen LogP contribution in [0.15, 0.2) is 48.5 Å². The summed E-state index contributed by atoms with van der Waals surface area (Å²) in [5, 5.41) is 10.1. The van der Waals surface area contributed by atoms with E-state index in [1.54, 1.807) is 25.1 Å². The van der Waals surface area contributed by atoms with Gasteiger partial charge in [0.05, 0.1) is 11.4 Å². The molecule has 33 heavy (non-hydrogen) atoms. The van der Waals surface area contributed by atoms with Gasteiger partial charge in [0.1, 0.15) is 23.7 Å². The molecule has 2 aromatic carbocycles. The summed E-state index contributed by atoms with van der Waals surface area (Å²) in [6, 6.07) is 11.0. The van der Waals surface area contributed by atoms with Crippen molar-refractivity contribution in [2.75, 3.05) is 11.9 Å². The van der Waals surface area contributed by atoms with Gasteiger partial charge >= 0.3 is 6.03 Å². The standard InChI is InChI=1S/C22H18Cl2FN5O3/c1-12-9-18(30(28-12)15-6-4-14(25)5-7-15)26-19(31)11-29-20(32)22(2,27-21(29)33)16-8-3-13(23)10-17(16)24/h3-10H,11H2,1-2H3,(H,26,31)(H,27,33). The average Bonchev–Trinajstić information content (AvgIpc) is 3.20. The van der Waals surface area contributed by atoms with Crippen LogP contribution in [0.25, 0.3) is 5.69 Å². The molecule has 4 rings (SSSR count). The summed E-state index contributed by atoms with van der Waals surface area (Å²) in [7, 11) is 0. The van der Waals surface area contributed by atoms with Crippen LogP contribution in [0.5, 0.6) is 0 Å². The van der Waals surface area contributed by atoms with Gasteiger partial charge in [0, 0.05) is 21.7 Å². The smallest absolute Gasteiger partial charge is 0.319 e. The quantitative estimate of drug-likeness (QED) is 0.528. The Morgan fingerprint density at radius 1 is 1.15 bits per heavy atom. The molecular formula is C22H18Cl2FN5O3. The van der Waals surface area contributed by atoms with Gasteiger partial charge < -0.3 is 10.6 Å². The molecule has 0 radical (unpaired) electrons. The van der Waals surface area contributed by atoms with E-state index in [0.29, 0.717) is 27.8 Å². The van der Waals surface area contributed by atoms with Crippen LogP contribution >= 0.6 is 23.2 Å². The molecular weight excluding hydrogens is 472 g/mol. The zero-order valence-corrected chi connectivity index (χ0v) is 19.0. The third-order valence-electron chi connectivity index (χ3n) is 5.22. The Kier molecular flexibility index (Phi) is 5.85. The van der Waals surface area contributed by atoms with E-state index in [2.05, 4.69) is 15.7 Å². The number of anilines is 1. The molecule has 1 saturated heterocycles. The number of nitrogens with zero attached hydrogens (tertiary/aromatic N) is 3. The van der Waals surface area contributed by atoms with Crippen LogP contribution in [0.1, 0.15) is 18.2 Å². The van der Waals surface area contributed by atoms with Crippen molar-refractivity contribution in [3.63, 3.8) is 0 Å². The molecule has 0 bridgehead atoms. The van der Waals surface area contributed by atoms with Gasteiger partial charge in [0.2, 0.25) is 5.91 Å². The second kappa shape index (κ2) is 8.49. The van der Waals surface area contributed by atoms with E-state index in [9.17, 15) is 18.8 Å². The molecule has 170 valence electrons. The van der Waals surface area contributed by atoms with E-state index < -0.39 is 35.7 Å². The molecule has 1 aliphatic rings. The molecule has 0 spiro atoms. The second-order valence-electron chi connectivity index (χ2n) is 7.68. The number of benzene rings is 2. The maximum absolute atomic E-state index is 13.3. The van der Waals surface area contributed by atoms with Crippen molar-refractivity contribution in [3.05, 3.63) is 75.7 Å². The number of rotatable bonds is 5. The largest absolute Gasteiger partial charge is 0.325 e. The molecule has 1 unspecified atom stereocenters. The first-order valence-corrected chi connectivity index (χ1v) is 10.6. The van der Waals surface area contributed by atoms with Crippen molar-refractivity contribution in [1.82, 2.24) is 20.0 Å². The summed E-state index contributed by atoms with van der Waals surface area (Å²) >= 11 is 12.2. The van der Waals surface area contributed by atoms with Crippen molar-refractivity contribution < 1.29 is 18.8 Å². The van der Waals surface area contributed by atoms with Gasteiger partial charge in [-0.3, -0.25) is 14.5 Å². The minimum atomic E-state index is -1.45. The molecule has 2 heterocycles. The van der Waals surface area contributed by atoms with E-state index in [1.807, 2.05) is 0 Å². The third-order valence-corrected chi connectivity index (χ3v) is 5.76. The zero-order chi connectivity index (χ0) is 23.9. The van der Waals surface area contributed by atoms with Crippen LogP contribution in [-0.4, -0.2) is 39.1 Å². The first-order valence-electron chi connectivity index (χ1n) is 9.80. The molecule has 0 aliphatic carbocycles. The fraction of sp³-hybridized carbons (Fsp3) is 0.182. The number of imide groups is 1. The summed E-state index contributed by atoms with van der Waals surface area (Å²) in [5.74, 6) is -1.35. The SMILES string of the molecule is Cc1cc(NC(=O)CN2C(=O)NC(C)(c3ccc(Cl)cc3Cl)C2=O)n(-c2ccc(F)cc2)n1. The van der Waals surface area contributed by atoms with E-state index >= 15 is 0 Å². The highest BCUT2D eigenvalue weighted by Crippen LogP contribution is 2.35. The Balaban J connectivity index is 1.53. The van der Waals surface area contributed by atoms with Gasteiger partial charge in [0.25, 0.3) is 5.91 Å². The van der Waals surface area contributed by atoms with Crippen molar-refractivity contribution in [3.8, 4) is 5.69 Å². The summed E-state index contributed by atoms with van der Waals surface area (Å²) in [5.41, 5.74) is 0.0417. The number of hydrogen-bond donors (Lipinski definition) is 2. The minimum absolute atomic E-state index is 0.212. The van der Waals surface area contributed by atoms with Gasteiger partial charge in [-0.25, -0.2) is 13.9 Å². The van der Waals surface area contributed by atoms with Gasteiger partial charge in [-0.1, -0.05) is 29.3 Å². The average molecular weight is 490 g/mol. The lowest BCUT2D eigenvalue weighted by atomic mass is 9.92. The Hall–Kier alpha value is -3.43. The lowest BCUT2D eigenvalue weighted by molar-refractivity contribution is -0.133. The van der Waals surface area contributed by atoms with Crippen LogP contribution in [-0.2, 0) is 15.1 Å². The highest BCUT2D eigenvalue weighted by molar-refractivity contribution is 6.35. The van der Waals surface area contributed by atoms with Crippen molar-refractivity contribution in [2.45, 2.75) is 19.4 Å². The maximum Gasteiger partial charge on any atom is 0.325 e. The number of aryl methyl sites for hydroxylation is 1. The number of hydrogen-bond acceptors (Lipinski definition) is 4. The van der Waals surface area contributed by atoms with E-state index in [-0.39, 0.29) is 5.02 Å². The van der Waals surface area contributed by atoms with Crippen LogP contribution in [0.4, 0.5) is 15.0 Å². The Labute approximate surface area is 198 Å². The molecule has 2 N–H and O–H groups in total. The normalized spacial score (nSPS) is 17.9. The molecule has 1 atom stereocenters. The number of amides is 4. The van der Waals surface area contributed by atoms with Crippen LogP contribution in [0.2, 0.25) is 10.0 Å². The fourth-order valence-corrected chi connectivity index (χ4v) is 4.21. The molecule has 1 aliphatic heterocycles. The number of halogens is 3. The molecule has 11 heteroatoms. The Bertz CT molecular complexity index is 1280. The predicted molar refractivity (Wildman–Crippen MR) is 121 cm³/mol. The zero-order valence-electron chi connectivity index (χ0n) is 17.5. The fourth-order valence-electron chi connectivity index (χ4n) is 3.61. The highest BCUT2D eigenvalue weighted by Gasteiger charge is 2.50. The minimum Gasteiger partial charge on any atom is -0.319 e. The van der Waals surface area contributed by atoms with Crippen molar-refractivity contribution >= 4 is 46.9 Å². The predicted octanol–water partition coefficient (Wildman–Crippen LogP) is 4.03. The number of carbonyl (C=O) groups is 3. The van der Waals surface area contributed by atoms with Crippen molar-refractivity contribution in [2.24, 2.45) is 0 Å². The highest BCUT2D eigenvalue weighted by atomic mass is 35.5. The molecule has 8 nitrogen and oxygen atoms in total. The lowest BCUT2D eigenvalue weighted by Gasteiger charge is -2.23. The van der Waals surface area contributed by atoms with Crippen LogP contribution in [0, 0.1) is 12.7 Å². The summed E-state index contributed by atoms with van der Waals surface area (Å²) in [4.78, 5) is 39.2. The summed E-state index contributed by atoms with van der Waals surface area (Å²) in [6.45, 7) is 2.71. The molecule has 0 saturated carbocycles. The first-order chi connectivity index (χ1) is 15.6.